The van der Waals surface area contributed by atoms with Crippen LogP contribution in [0, 0.1) is 6.92 Å². The fourth-order valence-electron chi connectivity index (χ4n) is 7.01. The smallest absolute Gasteiger partial charge is 0.0713 e. The Bertz CT molecular complexity index is 1390. The Morgan fingerprint density at radius 1 is 0.694 bits per heavy atom. The number of hydrogen-bond acceptors (Lipinski definition) is 0. The summed E-state index contributed by atoms with van der Waals surface area (Å²) < 4.78 is 0. The van der Waals surface area contributed by atoms with E-state index in [1.807, 2.05) is 0 Å². The molecule has 0 aromatic heterocycles. The zero-order valence-electron chi connectivity index (χ0n) is 21.3. The summed E-state index contributed by atoms with van der Waals surface area (Å²) >= 11 is 0. The van der Waals surface area contributed by atoms with Crippen LogP contribution in [-0.2, 0) is 5.41 Å². The number of aryl methyl sites for hydroxylation is 1. The van der Waals surface area contributed by atoms with Crippen molar-refractivity contribution in [2.75, 3.05) is 0 Å². The maximum absolute atomic E-state index is 4.34. The van der Waals surface area contributed by atoms with Gasteiger partial charge in [-0.05, 0) is 75.8 Å². The van der Waals surface area contributed by atoms with Crippen molar-refractivity contribution in [2.45, 2.75) is 50.4 Å². The standard InChI is InChI=1S/C36H34/c1-4-29-30(5-2)35-31-22-21-25(3)23-33(31)36(27-17-11-7-12-18-27,28-19-13-8-14-20-28)34(35)24-32(29)26-15-9-6-10-16-26/h4-5,7-8,11-14,17-24,26H,1-2,6,9-10,15-16H2,3H3. The fraction of sp³-hybridized carbons (Fsp3) is 0.222. The lowest BCUT2D eigenvalue weighted by Gasteiger charge is -2.35. The Kier molecular flexibility index (Phi) is 5.76. The molecule has 36 heavy (non-hydrogen) atoms. The van der Waals surface area contributed by atoms with E-state index in [4.69, 9.17) is 0 Å². The van der Waals surface area contributed by atoms with Gasteiger partial charge in [-0.2, -0.15) is 0 Å². The number of rotatable bonds is 5. The summed E-state index contributed by atoms with van der Waals surface area (Å²) in [5.74, 6) is 0.574. The van der Waals surface area contributed by atoms with Crippen LogP contribution in [0.3, 0.4) is 0 Å². The van der Waals surface area contributed by atoms with Gasteiger partial charge < -0.3 is 0 Å². The molecule has 1 saturated carbocycles. The largest absolute Gasteiger partial charge is 0.0984 e. The third-order valence-electron chi connectivity index (χ3n) is 8.56. The Morgan fingerprint density at radius 3 is 1.89 bits per heavy atom. The van der Waals surface area contributed by atoms with Crippen LogP contribution in [0.1, 0.15) is 82.5 Å². The minimum atomic E-state index is -0.375. The quantitative estimate of drug-likeness (QED) is 0.242. The molecule has 0 nitrogen and oxygen atoms in total. The van der Waals surface area contributed by atoms with Gasteiger partial charge in [0.15, 0.2) is 0 Å². The molecule has 0 radical (unpaired) electrons. The normalized spacial score (nSPS) is 16.2. The van der Waals surface area contributed by atoms with Crippen molar-refractivity contribution in [3.63, 3.8) is 0 Å². The summed E-state index contributed by atoms with van der Waals surface area (Å²) in [6.07, 6.45) is 10.6. The van der Waals surface area contributed by atoms with Crippen molar-refractivity contribution in [3.8, 4) is 11.1 Å². The minimum absolute atomic E-state index is 0.375. The summed E-state index contributed by atoms with van der Waals surface area (Å²) in [7, 11) is 0. The van der Waals surface area contributed by atoms with E-state index in [-0.39, 0.29) is 5.41 Å². The maximum atomic E-state index is 4.34. The van der Waals surface area contributed by atoms with E-state index < -0.39 is 0 Å². The predicted molar refractivity (Wildman–Crippen MR) is 154 cm³/mol. The highest BCUT2D eigenvalue weighted by Gasteiger charge is 2.47. The molecule has 2 aliphatic rings. The SMILES string of the molecule is C=Cc1c(C2CCCCC2)cc2c(c1C=C)-c1ccc(C)cc1C2(c1ccccc1)c1ccccc1. The predicted octanol–water partition coefficient (Wildman–Crippen LogP) is 9.69. The van der Waals surface area contributed by atoms with Gasteiger partial charge in [0.25, 0.3) is 0 Å². The van der Waals surface area contributed by atoms with E-state index >= 15 is 0 Å². The molecule has 0 heterocycles. The highest BCUT2D eigenvalue weighted by atomic mass is 14.5. The molecule has 0 aliphatic heterocycles. The lowest BCUT2D eigenvalue weighted by atomic mass is 9.66. The molecule has 6 rings (SSSR count). The van der Waals surface area contributed by atoms with Crippen LogP contribution in [-0.4, -0.2) is 0 Å². The van der Waals surface area contributed by atoms with Gasteiger partial charge in [0.05, 0.1) is 5.41 Å². The highest BCUT2D eigenvalue weighted by Crippen LogP contribution is 2.59. The van der Waals surface area contributed by atoms with Crippen LogP contribution in [0.4, 0.5) is 0 Å². The second-order valence-corrected chi connectivity index (χ2v) is 10.5. The van der Waals surface area contributed by atoms with Crippen molar-refractivity contribution >= 4 is 12.2 Å². The van der Waals surface area contributed by atoms with Crippen LogP contribution in [0.15, 0.2) is 98.1 Å². The van der Waals surface area contributed by atoms with Crippen LogP contribution >= 0.6 is 0 Å². The van der Waals surface area contributed by atoms with Crippen molar-refractivity contribution in [1.82, 2.24) is 0 Å². The van der Waals surface area contributed by atoms with Gasteiger partial charge in [-0.15, -0.1) is 0 Å². The van der Waals surface area contributed by atoms with Gasteiger partial charge in [0.2, 0.25) is 0 Å². The third-order valence-corrected chi connectivity index (χ3v) is 8.56. The fourth-order valence-corrected chi connectivity index (χ4v) is 7.01. The number of hydrogen-bond donors (Lipinski definition) is 0. The Labute approximate surface area is 216 Å². The molecule has 0 spiro atoms. The third kappa shape index (κ3) is 3.28. The molecule has 0 bridgehead atoms. The van der Waals surface area contributed by atoms with Gasteiger partial charge in [-0.25, -0.2) is 0 Å². The summed E-state index contributed by atoms with van der Waals surface area (Å²) in [5.41, 5.74) is 12.9. The van der Waals surface area contributed by atoms with Crippen molar-refractivity contribution in [2.24, 2.45) is 0 Å². The second-order valence-electron chi connectivity index (χ2n) is 10.5. The van der Waals surface area contributed by atoms with E-state index in [1.165, 1.54) is 87.7 Å². The summed E-state index contributed by atoms with van der Waals surface area (Å²) in [6.45, 7) is 10.8. The zero-order valence-corrected chi connectivity index (χ0v) is 21.3. The Hall–Kier alpha value is -3.64. The summed E-state index contributed by atoms with van der Waals surface area (Å²) in [5, 5.41) is 0. The average molecular weight is 467 g/mol. The molecule has 4 aromatic carbocycles. The molecular formula is C36H34. The van der Waals surface area contributed by atoms with Crippen LogP contribution < -0.4 is 0 Å². The van der Waals surface area contributed by atoms with Gasteiger partial charge in [-0.1, -0.05) is 135 Å². The molecule has 0 N–H and O–H groups in total. The van der Waals surface area contributed by atoms with Crippen LogP contribution in [0.5, 0.6) is 0 Å². The molecule has 0 amide bonds. The van der Waals surface area contributed by atoms with E-state index in [2.05, 4.69) is 117 Å². The first-order valence-electron chi connectivity index (χ1n) is 13.4. The van der Waals surface area contributed by atoms with Gasteiger partial charge in [0, 0.05) is 0 Å². The maximum Gasteiger partial charge on any atom is 0.0713 e. The lowest BCUT2D eigenvalue weighted by molar-refractivity contribution is 0.443. The molecule has 2 aliphatic carbocycles. The molecule has 0 unspecified atom stereocenters. The van der Waals surface area contributed by atoms with E-state index in [1.54, 1.807) is 0 Å². The first kappa shape index (κ1) is 22.8. The van der Waals surface area contributed by atoms with E-state index in [0.29, 0.717) is 5.92 Å². The minimum Gasteiger partial charge on any atom is -0.0984 e. The first-order valence-corrected chi connectivity index (χ1v) is 13.4. The zero-order chi connectivity index (χ0) is 24.7. The average Bonchev–Trinajstić information content (AvgIpc) is 3.23. The van der Waals surface area contributed by atoms with Gasteiger partial charge in [-0.3, -0.25) is 0 Å². The Balaban J connectivity index is 1.80. The van der Waals surface area contributed by atoms with Gasteiger partial charge >= 0.3 is 0 Å². The molecule has 0 atom stereocenters. The molecule has 0 heteroatoms. The van der Waals surface area contributed by atoms with Crippen molar-refractivity contribution in [3.05, 3.63) is 143 Å². The second kappa shape index (κ2) is 9.10. The van der Waals surface area contributed by atoms with Crippen LogP contribution in [0.25, 0.3) is 23.3 Å². The summed E-state index contributed by atoms with van der Waals surface area (Å²) in [4.78, 5) is 0. The van der Waals surface area contributed by atoms with E-state index in [9.17, 15) is 0 Å². The first-order chi connectivity index (χ1) is 17.7. The highest BCUT2D eigenvalue weighted by molar-refractivity contribution is 5.94. The van der Waals surface area contributed by atoms with Gasteiger partial charge in [0.1, 0.15) is 0 Å². The summed E-state index contributed by atoms with van der Waals surface area (Å²) in [6, 6.07) is 31.8. The number of benzene rings is 4. The Morgan fingerprint density at radius 2 is 1.31 bits per heavy atom. The molecular weight excluding hydrogens is 432 g/mol. The molecule has 4 aromatic rings. The lowest BCUT2D eigenvalue weighted by Crippen LogP contribution is -2.29. The molecule has 0 saturated heterocycles. The number of fused-ring (bicyclic) bond motifs is 3. The monoisotopic (exact) mass is 466 g/mol. The van der Waals surface area contributed by atoms with Crippen LogP contribution in [0.2, 0.25) is 0 Å². The van der Waals surface area contributed by atoms with E-state index in [0.717, 1.165) is 0 Å². The molecule has 1 fully saturated rings. The topological polar surface area (TPSA) is 0 Å². The molecule has 178 valence electrons. The van der Waals surface area contributed by atoms with Crippen molar-refractivity contribution < 1.29 is 0 Å². The van der Waals surface area contributed by atoms with Crippen molar-refractivity contribution in [1.29, 1.82) is 0 Å².